The summed E-state index contributed by atoms with van der Waals surface area (Å²) >= 11 is 0. The van der Waals surface area contributed by atoms with Crippen molar-refractivity contribution in [1.29, 1.82) is 0 Å². The van der Waals surface area contributed by atoms with E-state index in [0.29, 0.717) is 17.1 Å². The van der Waals surface area contributed by atoms with Gasteiger partial charge in [-0.15, -0.1) is 0 Å². The highest BCUT2D eigenvalue weighted by Crippen LogP contribution is 2.38. The lowest BCUT2D eigenvalue weighted by Gasteiger charge is -2.18. The number of ether oxygens (including phenoxy) is 1. The maximum Gasteiger partial charge on any atom is 0.438 e. The zero-order valence-electron chi connectivity index (χ0n) is 14.8. The van der Waals surface area contributed by atoms with Crippen molar-refractivity contribution in [2.75, 3.05) is 12.4 Å². The van der Waals surface area contributed by atoms with Gasteiger partial charge < -0.3 is 15.2 Å². The van der Waals surface area contributed by atoms with Crippen LogP contribution in [0.3, 0.4) is 0 Å². The van der Waals surface area contributed by atoms with Crippen LogP contribution in [-0.4, -0.2) is 29.2 Å². The number of carbonyl (C=O) groups is 2. The number of nitrogens with zero attached hydrogens (tertiary/aromatic N) is 1. The number of aliphatic hydroxyl groups is 1. The zero-order chi connectivity index (χ0) is 19.9. The number of methoxy groups -OCH3 is 1. The number of hydrogen-bond acceptors (Lipinski definition) is 6. The van der Waals surface area contributed by atoms with Crippen molar-refractivity contribution in [3.63, 3.8) is 0 Å². The molecule has 4 rings (SSSR count). The first-order valence-corrected chi connectivity index (χ1v) is 8.38. The SMILES string of the molecule is COc1ccc(-[n+]2[nH]oc(=O)c2C(=O)CC2(O)C(=O)Nc3ccccc32)cc1. The molecule has 0 spiro atoms. The molecular formula is C19H16N3O6+. The number of anilines is 1. The molecule has 1 aliphatic rings. The summed E-state index contributed by atoms with van der Waals surface area (Å²) in [4.78, 5) is 37.4. The first-order chi connectivity index (χ1) is 13.4. The van der Waals surface area contributed by atoms with Gasteiger partial charge >= 0.3 is 11.3 Å². The molecule has 142 valence electrons. The maximum atomic E-state index is 12.9. The predicted molar refractivity (Wildman–Crippen MR) is 95.3 cm³/mol. The van der Waals surface area contributed by atoms with E-state index >= 15 is 0 Å². The van der Waals surface area contributed by atoms with Gasteiger partial charge in [-0.1, -0.05) is 18.2 Å². The van der Waals surface area contributed by atoms with Crippen LogP contribution in [-0.2, 0) is 10.4 Å². The molecule has 3 N–H and O–H groups in total. The Kier molecular flexibility index (Phi) is 4.08. The number of aromatic amines is 1. The lowest BCUT2D eigenvalue weighted by molar-refractivity contribution is -0.672. The van der Waals surface area contributed by atoms with E-state index in [1.807, 2.05) is 0 Å². The molecule has 3 aromatic rings. The smallest absolute Gasteiger partial charge is 0.438 e. The second-order valence-electron chi connectivity index (χ2n) is 6.32. The number of carbonyl (C=O) groups excluding carboxylic acids is 2. The molecule has 0 aliphatic carbocycles. The van der Waals surface area contributed by atoms with Crippen LogP contribution in [0.1, 0.15) is 22.5 Å². The second kappa shape index (κ2) is 6.46. The molecule has 1 aliphatic heterocycles. The number of amides is 1. The van der Waals surface area contributed by atoms with E-state index in [4.69, 9.17) is 9.26 Å². The van der Waals surface area contributed by atoms with Crippen molar-refractivity contribution in [3.05, 3.63) is 70.2 Å². The zero-order valence-corrected chi connectivity index (χ0v) is 14.8. The lowest BCUT2D eigenvalue weighted by atomic mass is 9.89. The Balaban J connectivity index is 1.71. The number of nitrogens with one attached hydrogen (secondary N) is 2. The fraction of sp³-hybridized carbons (Fsp3) is 0.158. The normalized spacial score (nSPS) is 17.9. The van der Waals surface area contributed by atoms with Crippen molar-refractivity contribution in [1.82, 2.24) is 5.27 Å². The first kappa shape index (κ1) is 17.7. The molecule has 0 fully saturated rings. The van der Waals surface area contributed by atoms with Crippen LogP contribution in [0, 0.1) is 0 Å². The number of hydrogen-bond donors (Lipinski definition) is 3. The molecule has 1 amide bonds. The molecule has 0 bridgehead atoms. The molecule has 0 saturated carbocycles. The third-order valence-corrected chi connectivity index (χ3v) is 4.65. The monoisotopic (exact) mass is 382 g/mol. The molecule has 0 radical (unpaired) electrons. The minimum atomic E-state index is -2.07. The molecule has 28 heavy (non-hydrogen) atoms. The average molecular weight is 382 g/mol. The van der Waals surface area contributed by atoms with Crippen LogP contribution in [0.2, 0.25) is 0 Å². The highest BCUT2D eigenvalue weighted by atomic mass is 16.5. The summed E-state index contributed by atoms with van der Waals surface area (Å²) in [5, 5.41) is 15.8. The number of fused-ring (bicyclic) bond motifs is 1. The Morgan fingerprint density at radius 1 is 1.18 bits per heavy atom. The Morgan fingerprint density at radius 3 is 2.61 bits per heavy atom. The standard InChI is InChI=1S/C19H15N3O6/c1-27-12-8-6-11(7-9-12)22-16(17(24)28-21-22)15(23)10-19(26)13-4-2-3-5-14(13)20-18(19)25/h2-9,26H,10H2,1H3,(H-,20,21,23,24,25)/p+1. The van der Waals surface area contributed by atoms with E-state index in [9.17, 15) is 19.5 Å². The van der Waals surface area contributed by atoms with E-state index in [-0.39, 0.29) is 11.3 Å². The third-order valence-electron chi connectivity index (χ3n) is 4.65. The van der Waals surface area contributed by atoms with Crippen LogP contribution in [0.4, 0.5) is 5.69 Å². The third kappa shape index (κ3) is 2.69. The van der Waals surface area contributed by atoms with Crippen LogP contribution in [0.15, 0.2) is 57.8 Å². The molecule has 9 heteroatoms. The molecule has 1 aromatic heterocycles. The minimum absolute atomic E-state index is 0.282. The van der Waals surface area contributed by atoms with E-state index in [1.54, 1.807) is 48.5 Å². The number of rotatable bonds is 5. The number of H-pyrrole nitrogens is 1. The Hall–Kier alpha value is -3.72. The van der Waals surface area contributed by atoms with Gasteiger partial charge in [0.2, 0.25) is 11.5 Å². The van der Waals surface area contributed by atoms with E-state index in [1.165, 1.54) is 7.11 Å². The van der Waals surface area contributed by atoms with Gasteiger partial charge in [0.05, 0.1) is 13.5 Å². The van der Waals surface area contributed by atoms with Gasteiger partial charge in [0, 0.05) is 23.4 Å². The Bertz CT molecular complexity index is 1130. The van der Waals surface area contributed by atoms with Gasteiger partial charge in [0.25, 0.3) is 5.91 Å². The molecule has 9 nitrogen and oxygen atoms in total. The fourth-order valence-corrected chi connectivity index (χ4v) is 3.22. The predicted octanol–water partition coefficient (Wildman–Crippen LogP) is 0.666. The Morgan fingerprint density at radius 2 is 1.89 bits per heavy atom. The van der Waals surface area contributed by atoms with Gasteiger partial charge in [0.15, 0.2) is 5.60 Å². The summed E-state index contributed by atoms with van der Waals surface area (Å²) in [5.74, 6) is -0.880. The summed E-state index contributed by atoms with van der Waals surface area (Å²) in [6.45, 7) is 0. The summed E-state index contributed by atoms with van der Waals surface area (Å²) in [5.41, 5.74) is -2.17. The van der Waals surface area contributed by atoms with E-state index in [2.05, 4.69) is 10.6 Å². The number of aromatic nitrogens is 2. The van der Waals surface area contributed by atoms with Crippen molar-refractivity contribution < 1.29 is 28.6 Å². The second-order valence-corrected chi connectivity index (χ2v) is 6.32. The highest BCUT2D eigenvalue weighted by molar-refractivity contribution is 6.08. The summed E-state index contributed by atoms with van der Waals surface area (Å²) in [6, 6.07) is 13.1. The molecule has 1 unspecified atom stereocenters. The van der Waals surface area contributed by atoms with Crippen LogP contribution in [0.25, 0.3) is 5.69 Å². The van der Waals surface area contributed by atoms with Crippen LogP contribution < -0.4 is 20.4 Å². The summed E-state index contributed by atoms with van der Waals surface area (Å²) in [7, 11) is 1.52. The van der Waals surface area contributed by atoms with Gasteiger partial charge in [-0.2, -0.15) is 0 Å². The van der Waals surface area contributed by atoms with Gasteiger partial charge in [0.1, 0.15) is 5.75 Å². The molecule has 2 heterocycles. The number of ketones is 1. The van der Waals surface area contributed by atoms with Crippen molar-refractivity contribution in [2.45, 2.75) is 12.0 Å². The quantitative estimate of drug-likeness (QED) is 0.440. The van der Waals surface area contributed by atoms with Gasteiger partial charge in [-0.25, -0.2) is 4.79 Å². The fourth-order valence-electron chi connectivity index (χ4n) is 3.22. The Labute approximate surface area is 158 Å². The largest absolute Gasteiger partial charge is 0.497 e. The molecule has 1 atom stereocenters. The summed E-state index contributed by atoms with van der Waals surface area (Å²) < 4.78 is 11.0. The molecule has 0 saturated heterocycles. The van der Waals surface area contributed by atoms with Gasteiger partial charge in [-0.3, -0.25) is 14.1 Å². The number of para-hydroxylation sites is 1. The maximum absolute atomic E-state index is 12.9. The average Bonchev–Trinajstić information content (AvgIpc) is 3.20. The van der Waals surface area contributed by atoms with Crippen molar-refractivity contribution in [3.8, 4) is 11.4 Å². The number of benzene rings is 2. The van der Waals surface area contributed by atoms with Crippen LogP contribution in [0.5, 0.6) is 5.75 Å². The van der Waals surface area contributed by atoms with E-state index in [0.717, 1.165) is 4.68 Å². The lowest BCUT2D eigenvalue weighted by Crippen LogP contribution is -2.44. The molecular weight excluding hydrogens is 366 g/mol. The van der Waals surface area contributed by atoms with E-state index < -0.39 is 29.3 Å². The topological polar surface area (TPSA) is 126 Å². The summed E-state index contributed by atoms with van der Waals surface area (Å²) in [6.07, 6.45) is -0.616. The minimum Gasteiger partial charge on any atom is -0.497 e. The highest BCUT2D eigenvalue weighted by Gasteiger charge is 2.49. The van der Waals surface area contributed by atoms with Crippen molar-refractivity contribution >= 4 is 17.4 Å². The number of Topliss-reactive ketones (excluding diaryl/α,β-unsaturated/α-hetero) is 1. The first-order valence-electron chi connectivity index (χ1n) is 8.38. The molecule has 2 aromatic carbocycles. The van der Waals surface area contributed by atoms with Gasteiger partial charge in [-0.05, 0) is 28.2 Å². The van der Waals surface area contributed by atoms with Crippen molar-refractivity contribution in [2.24, 2.45) is 0 Å². The van der Waals surface area contributed by atoms with Crippen LogP contribution >= 0.6 is 0 Å².